The van der Waals surface area contributed by atoms with Gasteiger partial charge in [0.2, 0.25) is 53.2 Å². The van der Waals surface area contributed by atoms with Gasteiger partial charge < -0.3 is 83.7 Å². The van der Waals surface area contributed by atoms with Gasteiger partial charge in [-0.05, 0) is 72.7 Å². The number of aliphatic hydroxyl groups excluding tert-OH is 1. The van der Waals surface area contributed by atoms with Crippen LogP contribution < -0.4 is 48.7 Å². The third kappa shape index (κ3) is 16.5. The van der Waals surface area contributed by atoms with Crippen molar-refractivity contribution in [2.24, 2.45) is 11.5 Å². The highest BCUT2D eigenvalue weighted by atomic mass is 16.4. The minimum Gasteiger partial charge on any atom is -0.480 e. The first-order valence-electron chi connectivity index (χ1n) is 29.7. The number of para-hydroxylation sites is 3. The number of imidazole rings is 1. The standard InChI is InChI=1S/C63H72N16O12/c1-34(80)55(78-59(86)47(72-54(82)27-64)22-35-10-8-20-66-28-35)61(88)75-49(24-37-30-69-44-15-6-3-12-41(37)44)57(84)73-46(18-19-53(65)81)56(83)74-48(23-36-29-68-43-14-5-2-11-40(36)43)58(85)76-50(26-39-32-67-33-71-39)62(89)79-21-9-17-52(79)60(87)77-51(63(90)91)25-38-31-70-45-16-7-4-13-42(38)45/h2-8,10-16,20,28-34,46-52,55,68-70,80H,9,17-19,21-27,64H2,1H3,(H2,65,81)(H,67,71)(H,72,82)(H,73,84)(H,74,83)(H,75,88)(H,76,85)(H,77,87)(H,78,86)(H,90,91)/t34-,46+,47+,48+,49+,50+,51+,52+,55+/m1/s1. The van der Waals surface area contributed by atoms with E-state index < -0.39 is 133 Å². The molecule has 0 unspecified atom stereocenters. The summed E-state index contributed by atoms with van der Waals surface area (Å²) in [5.41, 5.74) is 16.0. The van der Waals surface area contributed by atoms with E-state index in [2.05, 4.69) is 67.1 Å². The third-order valence-electron chi connectivity index (χ3n) is 16.0. The number of carbonyl (C=O) groups is 10. The third-order valence-corrected chi connectivity index (χ3v) is 16.0. The number of aliphatic carboxylic acids is 1. The number of hydrogen-bond donors (Lipinski definition) is 15. The Kier molecular flexibility index (Phi) is 21.3. The number of aromatic amines is 4. The Balaban J connectivity index is 0.974. The molecule has 28 heteroatoms. The van der Waals surface area contributed by atoms with Crippen molar-refractivity contribution in [2.75, 3.05) is 13.1 Å². The van der Waals surface area contributed by atoms with E-state index in [-0.39, 0.29) is 45.1 Å². The highest BCUT2D eigenvalue weighted by molar-refractivity contribution is 5.99. The quantitative estimate of drug-likeness (QED) is 0.0278. The minimum absolute atomic E-state index is 0.0657. The summed E-state index contributed by atoms with van der Waals surface area (Å²) < 4.78 is 0. The average molecular weight is 1250 g/mol. The van der Waals surface area contributed by atoms with Crippen LogP contribution in [0.15, 0.2) is 128 Å². The number of carboxylic acid groups (broad SMARTS) is 1. The van der Waals surface area contributed by atoms with E-state index in [0.29, 0.717) is 56.2 Å². The van der Waals surface area contributed by atoms with Crippen LogP contribution in [0.1, 0.15) is 60.6 Å². The van der Waals surface area contributed by atoms with Gasteiger partial charge in [0.1, 0.15) is 48.3 Å². The fourth-order valence-electron chi connectivity index (χ4n) is 11.3. The average Bonchev–Trinajstić information content (AvgIpc) is 2.20. The highest BCUT2D eigenvalue weighted by Gasteiger charge is 2.41. The van der Waals surface area contributed by atoms with Crippen LogP contribution >= 0.6 is 0 Å². The van der Waals surface area contributed by atoms with Gasteiger partial charge in [0, 0.05) is 121 Å². The number of nitrogens with two attached hydrogens (primary N) is 2. The lowest BCUT2D eigenvalue weighted by molar-refractivity contribution is -0.145. The number of nitrogens with zero attached hydrogens (tertiary/aromatic N) is 3. The molecule has 9 atom stereocenters. The van der Waals surface area contributed by atoms with Crippen LogP contribution in [0.3, 0.4) is 0 Å². The van der Waals surface area contributed by atoms with Gasteiger partial charge in [0.15, 0.2) is 0 Å². The van der Waals surface area contributed by atoms with E-state index in [4.69, 9.17) is 11.5 Å². The molecule has 0 spiro atoms. The van der Waals surface area contributed by atoms with Crippen molar-refractivity contribution in [3.8, 4) is 0 Å². The molecule has 9 amide bonds. The maximum Gasteiger partial charge on any atom is 0.326 e. The maximum absolute atomic E-state index is 15.1. The first kappa shape index (κ1) is 64.7. The smallest absolute Gasteiger partial charge is 0.326 e. The van der Waals surface area contributed by atoms with Crippen LogP contribution in [-0.2, 0) is 80.0 Å². The molecule has 3 aromatic carbocycles. The van der Waals surface area contributed by atoms with Gasteiger partial charge in [0.25, 0.3) is 0 Å². The van der Waals surface area contributed by atoms with E-state index in [1.807, 2.05) is 24.3 Å². The molecule has 5 aromatic heterocycles. The molecule has 0 radical (unpaired) electrons. The van der Waals surface area contributed by atoms with Crippen LogP contribution in [0.5, 0.6) is 0 Å². The number of aromatic nitrogens is 6. The van der Waals surface area contributed by atoms with Gasteiger partial charge in [-0.25, -0.2) is 9.78 Å². The summed E-state index contributed by atoms with van der Waals surface area (Å²) in [6.45, 7) is 0.830. The van der Waals surface area contributed by atoms with Gasteiger partial charge in [0.05, 0.1) is 19.0 Å². The second kappa shape index (κ2) is 30.0. The number of benzene rings is 3. The van der Waals surface area contributed by atoms with Crippen LogP contribution in [0.2, 0.25) is 0 Å². The van der Waals surface area contributed by atoms with Gasteiger partial charge in [-0.3, -0.25) is 48.1 Å². The van der Waals surface area contributed by atoms with Crippen LogP contribution in [0.4, 0.5) is 0 Å². The van der Waals surface area contributed by atoms with Gasteiger partial charge in [-0.15, -0.1) is 0 Å². The molecule has 0 bridgehead atoms. The van der Waals surface area contributed by atoms with Crippen LogP contribution in [0.25, 0.3) is 32.7 Å². The number of primary amides is 1. The molecule has 0 aliphatic carbocycles. The molecule has 1 saturated heterocycles. The van der Waals surface area contributed by atoms with E-state index in [1.54, 1.807) is 79.3 Å². The molecule has 17 N–H and O–H groups in total. The number of pyridine rings is 1. The summed E-state index contributed by atoms with van der Waals surface area (Å²) >= 11 is 0. The lowest BCUT2D eigenvalue weighted by Crippen LogP contribution is -2.62. The van der Waals surface area contributed by atoms with Gasteiger partial charge >= 0.3 is 5.97 Å². The van der Waals surface area contributed by atoms with Crippen LogP contribution in [-0.4, -0.2) is 172 Å². The van der Waals surface area contributed by atoms with E-state index in [1.165, 1.54) is 36.7 Å². The van der Waals surface area contributed by atoms with Crippen molar-refractivity contribution in [3.05, 3.63) is 156 Å². The molecule has 28 nitrogen and oxygen atoms in total. The Hall–Kier alpha value is -10.7. The molecule has 1 aliphatic heterocycles. The van der Waals surface area contributed by atoms with E-state index in [9.17, 15) is 53.4 Å². The molecular weight excluding hydrogens is 1170 g/mol. The van der Waals surface area contributed by atoms with E-state index >= 15 is 4.79 Å². The summed E-state index contributed by atoms with van der Waals surface area (Å²) in [4.78, 5) is 162. The first-order valence-corrected chi connectivity index (χ1v) is 29.7. The zero-order chi connectivity index (χ0) is 64.7. The summed E-state index contributed by atoms with van der Waals surface area (Å²) in [5, 5.41) is 42.0. The first-order chi connectivity index (χ1) is 43.8. The highest BCUT2D eigenvalue weighted by Crippen LogP contribution is 2.25. The Morgan fingerprint density at radius 3 is 1.62 bits per heavy atom. The number of likely N-dealkylation sites (tertiary alicyclic amines) is 1. The zero-order valence-corrected chi connectivity index (χ0v) is 49.6. The Morgan fingerprint density at radius 1 is 0.582 bits per heavy atom. The Bertz CT molecular complexity index is 3920. The Morgan fingerprint density at radius 2 is 1.10 bits per heavy atom. The largest absolute Gasteiger partial charge is 0.480 e. The number of rotatable bonds is 30. The number of nitrogens with one attached hydrogen (secondary N) is 11. The predicted molar refractivity (Wildman–Crippen MR) is 331 cm³/mol. The molecule has 8 aromatic rings. The molecule has 1 aliphatic rings. The minimum atomic E-state index is -1.74. The second-order valence-electron chi connectivity index (χ2n) is 22.4. The van der Waals surface area contributed by atoms with Crippen molar-refractivity contribution in [1.29, 1.82) is 0 Å². The molecule has 9 rings (SSSR count). The SMILES string of the molecule is C[C@@H](O)[C@H](NC(=O)[C@H](Cc1cccnc1)NC(=O)CN)C(=O)N[C@@H](Cc1c[nH]c2ccccc12)C(=O)N[C@@H](CCC(N)=O)C(=O)N[C@@H](Cc1c[nH]c2ccccc12)C(=O)N[C@@H](Cc1cnc[nH]1)C(=O)N1CCC[C@H]1C(=O)N[C@@H](Cc1c[nH]c2ccccc12)C(=O)O. The van der Waals surface area contributed by atoms with E-state index in [0.717, 1.165) is 10.9 Å². The fourth-order valence-corrected chi connectivity index (χ4v) is 11.3. The van der Waals surface area contributed by atoms with Crippen molar-refractivity contribution >= 4 is 91.8 Å². The summed E-state index contributed by atoms with van der Waals surface area (Å²) in [7, 11) is 0. The summed E-state index contributed by atoms with van der Waals surface area (Å²) in [6.07, 6.45) is 8.02. The summed E-state index contributed by atoms with van der Waals surface area (Å²) in [6, 6.07) is 13.1. The lowest BCUT2D eigenvalue weighted by atomic mass is 10.0. The number of aliphatic hydroxyl groups is 1. The number of fused-ring (bicyclic) bond motifs is 3. The maximum atomic E-state index is 15.1. The van der Waals surface area contributed by atoms with Crippen LogP contribution in [0, 0.1) is 0 Å². The predicted octanol–water partition coefficient (Wildman–Crippen LogP) is -0.164. The summed E-state index contributed by atoms with van der Waals surface area (Å²) in [5.74, 6) is -9.05. The lowest BCUT2D eigenvalue weighted by Gasteiger charge is -2.30. The molecule has 476 valence electrons. The van der Waals surface area contributed by atoms with Gasteiger partial charge in [-0.1, -0.05) is 60.7 Å². The van der Waals surface area contributed by atoms with Gasteiger partial charge in [-0.2, -0.15) is 0 Å². The molecule has 91 heavy (non-hydrogen) atoms. The van der Waals surface area contributed by atoms with Crippen molar-refractivity contribution < 1.29 is 58.2 Å². The van der Waals surface area contributed by atoms with Crippen molar-refractivity contribution in [1.82, 2.24) is 72.0 Å². The normalized spacial score (nSPS) is 15.7. The number of H-pyrrole nitrogens is 4. The van der Waals surface area contributed by atoms with Crippen molar-refractivity contribution in [3.63, 3.8) is 0 Å². The molecule has 1 fully saturated rings. The number of hydrogen-bond acceptors (Lipinski definition) is 14. The Labute approximate surface area is 520 Å². The second-order valence-corrected chi connectivity index (χ2v) is 22.4. The zero-order valence-electron chi connectivity index (χ0n) is 49.6. The topological polar surface area (TPSA) is 440 Å². The number of carbonyl (C=O) groups excluding carboxylic acids is 9. The van der Waals surface area contributed by atoms with Crippen molar-refractivity contribution in [2.45, 2.75) is 119 Å². The number of carboxylic acids is 1. The molecule has 6 heterocycles. The number of amides is 9. The monoisotopic (exact) mass is 1240 g/mol. The molecule has 0 saturated carbocycles. The fraction of sp³-hybridized carbons (Fsp3) is 0.333. The molecular formula is C63H72N16O12.